The van der Waals surface area contributed by atoms with Crippen molar-refractivity contribution in [2.45, 2.75) is 6.42 Å². The van der Waals surface area contributed by atoms with Crippen LogP contribution in [0.5, 0.6) is 0 Å². The molecule has 1 saturated heterocycles. The molecular weight excluding hydrogens is 361 g/mol. The summed E-state index contributed by atoms with van der Waals surface area (Å²) < 4.78 is 14.9. The SMILES string of the molecule is CN1CCCSC1=N/C(=C(/C#N)C=O)c1ccc(-c2ccccc2)cc1F. The van der Waals surface area contributed by atoms with Crippen LogP contribution in [0.15, 0.2) is 59.1 Å². The fourth-order valence-corrected chi connectivity index (χ4v) is 3.73. The third-order valence-electron chi connectivity index (χ3n) is 4.23. The number of amidine groups is 1. The topological polar surface area (TPSA) is 56.5 Å². The van der Waals surface area contributed by atoms with Gasteiger partial charge in [0.05, 0.1) is 5.70 Å². The van der Waals surface area contributed by atoms with E-state index in [1.807, 2.05) is 48.3 Å². The van der Waals surface area contributed by atoms with Crippen LogP contribution >= 0.6 is 11.8 Å². The molecule has 0 atom stereocenters. The lowest BCUT2D eigenvalue weighted by molar-refractivity contribution is -0.104. The molecule has 136 valence electrons. The third-order valence-corrected chi connectivity index (χ3v) is 5.38. The molecule has 1 aliphatic heterocycles. The predicted octanol–water partition coefficient (Wildman–Crippen LogP) is 4.35. The van der Waals surface area contributed by atoms with Gasteiger partial charge in [-0.1, -0.05) is 48.2 Å². The standard InChI is InChI=1S/C21H18FN3OS/c1-25-10-5-11-27-21(25)24-20(17(13-23)14-26)18-9-8-16(12-19(18)22)15-6-3-2-4-7-15/h2-4,6-9,12,14H,5,10-11H2,1H3/b20-17-,24-21?. The highest BCUT2D eigenvalue weighted by molar-refractivity contribution is 8.13. The van der Waals surface area contributed by atoms with Crippen LogP contribution in [0.4, 0.5) is 4.39 Å². The first-order valence-corrected chi connectivity index (χ1v) is 9.50. The monoisotopic (exact) mass is 379 g/mol. The Balaban J connectivity index is 2.08. The number of carbonyl (C=O) groups is 1. The molecular formula is C21H18FN3OS. The number of carbonyl (C=O) groups excluding carboxylic acids is 1. The first-order chi connectivity index (χ1) is 13.1. The van der Waals surface area contributed by atoms with Gasteiger partial charge in [0.25, 0.3) is 0 Å². The summed E-state index contributed by atoms with van der Waals surface area (Å²) in [5.41, 5.74) is 1.63. The first-order valence-electron chi connectivity index (χ1n) is 8.51. The number of hydrogen-bond acceptors (Lipinski definition) is 4. The first kappa shape index (κ1) is 18.9. The van der Waals surface area contributed by atoms with Crippen LogP contribution in [-0.2, 0) is 4.79 Å². The molecule has 2 aromatic carbocycles. The Morgan fingerprint density at radius 1 is 1.26 bits per heavy atom. The number of aldehydes is 1. The van der Waals surface area contributed by atoms with Gasteiger partial charge >= 0.3 is 0 Å². The lowest BCUT2D eigenvalue weighted by atomic mass is 10.0. The van der Waals surface area contributed by atoms with Gasteiger partial charge in [0.1, 0.15) is 17.5 Å². The van der Waals surface area contributed by atoms with Crippen molar-refractivity contribution in [2.24, 2.45) is 4.99 Å². The van der Waals surface area contributed by atoms with Gasteiger partial charge in [0.15, 0.2) is 11.5 Å². The van der Waals surface area contributed by atoms with Crippen molar-refractivity contribution in [3.8, 4) is 17.2 Å². The number of allylic oxidation sites excluding steroid dienone is 1. The average Bonchev–Trinajstić information content (AvgIpc) is 2.70. The summed E-state index contributed by atoms with van der Waals surface area (Å²) in [6.07, 6.45) is 1.45. The van der Waals surface area contributed by atoms with Gasteiger partial charge in [-0.25, -0.2) is 9.38 Å². The Labute approximate surface area is 162 Å². The largest absolute Gasteiger partial charge is 0.354 e. The van der Waals surface area contributed by atoms with Crippen molar-refractivity contribution in [3.05, 3.63) is 65.5 Å². The number of nitriles is 1. The Hall–Kier alpha value is -2.91. The van der Waals surface area contributed by atoms with E-state index in [-0.39, 0.29) is 16.8 Å². The third kappa shape index (κ3) is 4.26. The van der Waals surface area contributed by atoms with Gasteiger partial charge < -0.3 is 4.90 Å². The molecule has 1 aliphatic rings. The Kier molecular flexibility index (Phi) is 6.05. The Morgan fingerprint density at radius 2 is 2.04 bits per heavy atom. The van der Waals surface area contributed by atoms with Gasteiger partial charge in [0, 0.05) is 24.9 Å². The lowest BCUT2D eigenvalue weighted by Gasteiger charge is -2.25. The lowest BCUT2D eigenvalue weighted by Crippen LogP contribution is -2.30. The summed E-state index contributed by atoms with van der Waals surface area (Å²) >= 11 is 1.53. The van der Waals surface area contributed by atoms with Crippen molar-refractivity contribution >= 4 is 28.9 Å². The minimum atomic E-state index is -0.520. The Bertz CT molecular complexity index is 948. The van der Waals surface area contributed by atoms with Gasteiger partial charge in [-0.05, 0) is 29.7 Å². The van der Waals surface area contributed by atoms with E-state index < -0.39 is 5.82 Å². The van der Waals surface area contributed by atoms with E-state index in [9.17, 15) is 14.4 Å². The fourth-order valence-electron chi connectivity index (χ4n) is 2.80. The van der Waals surface area contributed by atoms with E-state index in [0.717, 1.165) is 29.8 Å². The Morgan fingerprint density at radius 3 is 2.67 bits per heavy atom. The molecule has 4 nitrogen and oxygen atoms in total. The van der Waals surface area contributed by atoms with E-state index in [0.29, 0.717) is 11.5 Å². The van der Waals surface area contributed by atoms with Gasteiger partial charge in [-0.15, -0.1) is 0 Å². The molecule has 0 aliphatic carbocycles. The van der Waals surface area contributed by atoms with Crippen LogP contribution in [-0.4, -0.2) is 35.7 Å². The van der Waals surface area contributed by atoms with E-state index in [1.54, 1.807) is 12.1 Å². The predicted molar refractivity (Wildman–Crippen MR) is 108 cm³/mol. The summed E-state index contributed by atoms with van der Waals surface area (Å²) in [6, 6.07) is 16.0. The molecule has 0 bridgehead atoms. The molecule has 6 heteroatoms. The van der Waals surface area contributed by atoms with Gasteiger partial charge in [0.2, 0.25) is 0 Å². The number of nitrogens with zero attached hydrogens (tertiary/aromatic N) is 3. The highest BCUT2D eigenvalue weighted by Crippen LogP contribution is 2.29. The zero-order chi connectivity index (χ0) is 19.2. The van der Waals surface area contributed by atoms with E-state index in [1.165, 1.54) is 17.8 Å². The zero-order valence-electron chi connectivity index (χ0n) is 14.9. The minimum Gasteiger partial charge on any atom is -0.354 e. The van der Waals surface area contributed by atoms with Crippen LogP contribution in [0.1, 0.15) is 12.0 Å². The van der Waals surface area contributed by atoms with Crippen LogP contribution in [0, 0.1) is 17.1 Å². The van der Waals surface area contributed by atoms with Gasteiger partial charge in [-0.2, -0.15) is 5.26 Å². The number of halogens is 1. The number of hydrogen-bond donors (Lipinski definition) is 0. The molecule has 2 aromatic rings. The normalized spacial score (nSPS) is 16.6. The van der Waals surface area contributed by atoms with Crippen molar-refractivity contribution in [3.63, 3.8) is 0 Å². The molecule has 0 unspecified atom stereocenters. The van der Waals surface area contributed by atoms with Crippen LogP contribution in [0.3, 0.4) is 0 Å². The smallest absolute Gasteiger partial charge is 0.164 e. The number of aliphatic imine (C=N–C) groups is 1. The maximum absolute atomic E-state index is 14.9. The summed E-state index contributed by atoms with van der Waals surface area (Å²) in [4.78, 5) is 17.8. The zero-order valence-corrected chi connectivity index (χ0v) is 15.7. The van der Waals surface area contributed by atoms with E-state index in [4.69, 9.17) is 0 Å². The summed E-state index contributed by atoms with van der Waals surface area (Å²) in [5, 5.41) is 10.0. The fraction of sp³-hybridized carbons (Fsp3) is 0.190. The van der Waals surface area contributed by atoms with Crippen LogP contribution < -0.4 is 0 Å². The average molecular weight is 379 g/mol. The van der Waals surface area contributed by atoms with Gasteiger partial charge in [-0.3, -0.25) is 4.79 Å². The second-order valence-corrected chi connectivity index (χ2v) is 7.13. The molecule has 0 spiro atoms. The molecule has 1 heterocycles. The molecule has 1 fully saturated rings. The second-order valence-electron chi connectivity index (χ2n) is 6.07. The molecule has 3 rings (SSSR count). The maximum atomic E-state index is 14.9. The number of rotatable bonds is 4. The number of thioether (sulfide) groups is 1. The molecule has 0 aromatic heterocycles. The van der Waals surface area contributed by atoms with Crippen molar-refractivity contribution in [1.29, 1.82) is 5.26 Å². The minimum absolute atomic E-state index is 0.0702. The summed E-state index contributed by atoms with van der Waals surface area (Å²) in [7, 11) is 1.89. The van der Waals surface area contributed by atoms with Crippen molar-refractivity contribution in [1.82, 2.24) is 4.90 Å². The number of benzene rings is 2. The summed E-state index contributed by atoms with van der Waals surface area (Å²) in [5.74, 6) is 0.378. The van der Waals surface area contributed by atoms with Crippen molar-refractivity contribution < 1.29 is 9.18 Å². The maximum Gasteiger partial charge on any atom is 0.164 e. The molecule has 0 N–H and O–H groups in total. The van der Waals surface area contributed by atoms with E-state index in [2.05, 4.69) is 4.99 Å². The molecule has 0 saturated carbocycles. The quantitative estimate of drug-likeness (QED) is 0.450. The van der Waals surface area contributed by atoms with Crippen LogP contribution in [0.2, 0.25) is 0 Å². The highest BCUT2D eigenvalue weighted by Gasteiger charge is 2.19. The second kappa shape index (κ2) is 8.65. The van der Waals surface area contributed by atoms with Crippen LogP contribution in [0.25, 0.3) is 16.8 Å². The summed E-state index contributed by atoms with van der Waals surface area (Å²) in [6.45, 7) is 0.831. The van der Waals surface area contributed by atoms with E-state index >= 15 is 0 Å². The molecule has 0 radical (unpaired) electrons. The molecule has 27 heavy (non-hydrogen) atoms. The highest BCUT2D eigenvalue weighted by atomic mass is 32.2. The van der Waals surface area contributed by atoms with Crippen molar-refractivity contribution in [2.75, 3.05) is 19.3 Å². The molecule has 0 amide bonds.